The first-order chi connectivity index (χ1) is 8.89. The third kappa shape index (κ3) is 2.73. The first-order valence-corrected chi connectivity index (χ1v) is 7.78. The maximum atomic E-state index is 5.55. The minimum absolute atomic E-state index is 0.574. The molecule has 2 aliphatic heterocycles. The van der Waals surface area contributed by atoms with Crippen molar-refractivity contribution in [1.82, 2.24) is 5.32 Å². The van der Waals surface area contributed by atoms with Gasteiger partial charge in [-0.15, -0.1) is 0 Å². The summed E-state index contributed by atoms with van der Waals surface area (Å²) in [6.45, 7) is 5.12. The molecule has 2 unspecified atom stereocenters. The van der Waals surface area contributed by atoms with Gasteiger partial charge in [-0.05, 0) is 56.4 Å². The highest BCUT2D eigenvalue weighted by molar-refractivity contribution is 4.97. The van der Waals surface area contributed by atoms with Gasteiger partial charge in [0.15, 0.2) is 0 Å². The molecule has 2 saturated heterocycles. The number of ether oxygens (including phenoxy) is 2. The molecule has 3 fully saturated rings. The smallest absolute Gasteiger partial charge is 0.0495 e. The van der Waals surface area contributed by atoms with Gasteiger partial charge >= 0.3 is 0 Å². The zero-order valence-corrected chi connectivity index (χ0v) is 11.5. The number of rotatable bonds is 4. The topological polar surface area (TPSA) is 30.5 Å². The molecular formula is C15H27NO2. The fourth-order valence-electron chi connectivity index (χ4n) is 4.11. The molecule has 0 aromatic rings. The van der Waals surface area contributed by atoms with Crippen molar-refractivity contribution in [2.75, 3.05) is 33.0 Å². The Kier molecular flexibility index (Phi) is 4.22. The lowest BCUT2D eigenvalue weighted by molar-refractivity contribution is 0.00429. The maximum absolute atomic E-state index is 5.55. The van der Waals surface area contributed by atoms with Crippen LogP contribution in [0.2, 0.25) is 0 Å². The molecule has 0 bridgehead atoms. The summed E-state index contributed by atoms with van der Waals surface area (Å²) in [4.78, 5) is 0. The Labute approximate surface area is 111 Å². The molecule has 0 aromatic carbocycles. The molecule has 0 amide bonds. The number of hydrogen-bond donors (Lipinski definition) is 1. The normalized spacial score (nSPS) is 35.3. The van der Waals surface area contributed by atoms with Crippen molar-refractivity contribution in [3.63, 3.8) is 0 Å². The summed E-state index contributed by atoms with van der Waals surface area (Å²) in [7, 11) is 0. The Morgan fingerprint density at radius 1 is 1.00 bits per heavy atom. The molecule has 3 aliphatic rings. The Morgan fingerprint density at radius 3 is 2.67 bits per heavy atom. The lowest BCUT2D eigenvalue weighted by Crippen LogP contribution is -2.45. The second-order valence-electron chi connectivity index (χ2n) is 6.39. The van der Waals surface area contributed by atoms with E-state index in [0.29, 0.717) is 5.41 Å². The number of hydrogen-bond acceptors (Lipinski definition) is 3. The molecule has 3 nitrogen and oxygen atoms in total. The van der Waals surface area contributed by atoms with Crippen molar-refractivity contribution in [2.45, 2.75) is 51.0 Å². The van der Waals surface area contributed by atoms with Crippen LogP contribution in [0, 0.1) is 11.3 Å². The molecule has 3 heteroatoms. The van der Waals surface area contributed by atoms with Crippen LogP contribution in [-0.4, -0.2) is 39.0 Å². The molecular weight excluding hydrogens is 226 g/mol. The molecule has 1 spiro atoms. The lowest BCUT2D eigenvalue weighted by Gasteiger charge is -2.39. The Bertz CT molecular complexity index is 257. The predicted octanol–water partition coefficient (Wildman–Crippen LogP) is 2.35. The standard InChI is InChI=1S/C15H27NO2/c1-2-14(15(5-1)6-10-17-11-7-15)16-8-3-13-4-9-18-12-13/h13-14,16H,1-12H2. The quantitative estimate of drug-likeness (QED) is 0.834. The van der Waals surface area contributed by atoms with Crippen LogP contribution in [0.25, 0.3) is 0 Å². The van der Waals surface area contributed by atoms with Gasteiger partial charge in [0, 0.05) is 32.5 Å². The second-order valence-corrected chi connectivity index (χ2v) is 6.39. The highest BCUT2D eigenvalue weighted by atomic mass is 16.5. The van der Waals surface area contributed by atoms with Gasteiger partial charge in [0.2, 0.25) is 0 Å². The van der Waals surface area contributed by atoms with E-state index in [1.165, 1.54) is 51.5 Å². The molecule has 1 saturated carbocycles. The van der Waals surface area contributed by atoms with E-state index in [2.05, 4.69) is 5.32 Å². The van der Waals surface area contributed by atoms with Gasteiger partial charge in [0.1, 0.15) is 0 Å². The molecule has 1 aliphatic carbocycles. The highest BCUT2D eigenvalue weighted by Gasteiger charge is 2.43. The molecule has 0 aromatic heterocycles. The van der Waals surface area contributed by atoms with Gasteiger partial charge in [-0.25, -0.2) is 0 Å². The zero-order valence-electron chi connectivity index (χ0n) is 11.5. The van der Waals surface area contributed by atoms with Gasteiger partial charge in [0.05, 0.1) is 0 Å². The van der Waals surface area contributed by atoms with Gasteiger partial charge in [-0.2, -0.15) is 0 Å². The van der Waals surface area contributed by atoms with E-state index in [1.54, 1.807) is 0 Å². The molecule has 2 heterocycles. The Morgan fingerprint density at radius 2 is 1.89 bits per heavy atom. The van der Waals surface area contributed by atoms with Crippen LogP contribution < -0.4 is 5.32 Å². The van der Waals surface area contributed by atoms with Gasteiger partial charge < -0.3 is 14.8 Å². The second kappa shape index (κ2) is 5.89. The van der Waals surface area contributed by atoms with Crippen LogP contribution in [0.1, 0.15) is 44.9 Å². The van der Waals surface area contributed by atoms with E-state index in [4.69, 9.17) is 9.47 Å². The summed E-state index contributed by atoms with van der Waals surface area (Å²) in [6.07, 6.45) is 9.31. The van der Waals surface area contributed by atoms with Crippen LogP contribution >= 0.6 is 0 Å². The average molecular weight is 253 g/mol. The molecule has 0 radical (unpaired) electrons. The van der Waals surface area contributed by atoms with E-state index in [1.807, 2.05) is 0 Å². The van der Waals surface area contributed by atoms with E-state index in [9.17, 15) is 0 Å². The minimum atomic E-state index is 0.574. The van der Waals surface area contributed by atoms with Crippen molar-refractivity contribution in [3.05, 3.63) is 0 Å². The monoisotopic (exact) mass is 253 g/mol. The molecule has 1 N–H and O–H groups in total. The SMILES string of the molecule is C1CC(NCCC2CCOC2)C2(C1)CCOCC2. The fourth-order valence-corrected chi connectivity index (χ4v) is 4.11. The molecule has 104 valence electrons. The van der Waals surface area contributed by atoms with Crippen molar-refractivity contribution in [1.29, 1.82) is 0 Å². The third-order valence-corrected chi connectivity index (χ3v) is 5.36. The van der Waals surface area contributed by atoms with Gasteiger partial charge in [0.25, 0.3) is 0 Å². The van der Waals surface area contributed by atoms with Crippen LogP contribution in [0.15, 0.2) is 0 Å². The molecule has 18 heavy (non-hydrogen) atoms. The fraction of sp³-hybridized carbons (Fsp3) is 1.00. The zero-order chi connectivity index (χ0) is 12.3. The van der Waals surface area contributed by atoms with Gasteiger partial charge in [-0.3, -0.25) is 0 Å². The first kappa shape index (κ1) is 12.9. The van der Waals surface area contributed by atoms with Crippen LogP contribution in [0.3, 0.4) is 0 Å². The largest absolute Gasteiger partial charge is 0.381 e. The predicted molar refractivity (Wildman–Crippen MR) is 71.7 cm³/mol. The summed E-state index contributed by atoms with van der Waals surface area (Å²) in [6, 6.07) is 0.753. The maximum Gasteiger partial charge on any atom is 0.0495 e. The van der Waals surface area contributed by atoms with E-state index >= 15 is 0 Å². The Balaban J connectivity index is 1.45. The summed E-state index contributed by atoms with van der Waals surface area (Å²) >= 11 is 0. The lowest BCUT2D eigenvalue weighted by atomic mass is 9.75. The summed E-state index contributed by atoms with van der Waals surface area (Å²) in [5.41, 5.74) is 0.574. The van der Waals surface area contributed by atoms with Crippen LogP contribution in [0.4, 0.5) is 0 Å². The summed E-state index contributed by atoms with van der Waals surface area (Å²) in [5.74, 6) is 0.810. The summed E-state index contributed by atoms with van der Waals surface area (Å²) in [5, 5.41) is 3.86. The van der Waals surface area contributed by atoms with Crippen LogP contribution in [-0.2, 0) is 9.47 Å². The van der Waals surface area contributed by atoms with Crippen molar-refractivity contribution >= 4 is 0 Å². The van der Waals surface area contributed by atoms with Crippen molar-refractivity contribution in [2.24, 2.45) is 11.3 Å². The molecule has 2 atom stereocenters. The summed E-state index contributed by atoms with van der Waals surface area (Å²) < 4.78 is 11.0. The van der Waals surface area contributed by atoms with E-state index < -0.39 is 0 Å². The third-order valence-electron chi connectivity index (χ3n) is 5.36. The van der Waals surface area contributed by atoms with E-state index in [0.717, 1.165) is 38.4 Å². The minimum Gasteiger partial charge on any atom is -0.381 e. The van der Waals surface area contributed by atoms with E-state index in [-0.39, 0.29) is 0 Å². The number of nitrogens with one attached hydrogen (secondary N) is 1. The van der Waals surface area contributed by atoms with Crippen molar-refractivity contribution < 1.29 is 9.47 Å². The average Bonchev–Trinajstić information content (AvgIpc) is 3.02. The first-order valence-electron chi connectivity index (χ1n) is 7.78. The van der Waals surface area contributed by atoms with Crippen molar-refractivity contribution in [3.8, 4) is 0 Å². The van der Waals surface area contributed by atoms with Crippen LogP contribution in [0.5, 0.6) is 0 Å². The highest BCUT2D eigenvalue weighted by Crippen LogP contribution is 2.45. The Hall–Kier alpha value is -0.120. The van der Waals surface area contributed by atoms with Gasteiger partial charge in [-0.1, -0.05) is 6.42 Å². The molecule has 3 rings (SSSR count).